The zero-order valence-electron chi connectivity index (χ0n) is 15.7. The Morgan fingerprint density at radius 2 is 1.38 bits per heavy atom. The zero-order valence-corrected chi connectivity index (χ0v) is 17.7. The molecule has 0 amide bonds. The Kier molecular flexibility index (Phi) is 20.9. The van der Waals surface area contributed by atoms with Gasteiger partial charge < -0.3 is 15.5 Å². The van der Waals surface area contributed by atoms with Gasteiger partial charge in [-0.05, 0) is 6.42 Å². The second kappa shape index (κ2) is 19.2. The first-order valence-electron chi connectivity index (χ1n) is 9.23. The molecular weight excluding hydrogens is 317 g/mol. The SMILES string of the molecule is CCCCCCCCCCCCC(CNCCC(=O)O)C(=O)O.[Na]. The fourth-order valence-corrected chi connectivity index (χ4v) is 2.66. The summed E-state index contributed by atoms with van der Waals surface area (Å²) in [6.45, 7) is 2.92. The third-order valence-electron chi connectivity index (χ3n) is 4.16. The van der Waals surface area contributed by atoms with E-state index in [1.54, 1.807) is 0 Å². The molecule has 0 saturated carbocycles. The minimum Gasteiger partial charge on any atom is -0.481 e. The van der Waals surface area contributed by atoms with E-state index >= 15 is 0 Å². The van der Waals surface area contributed by atoms with Crippen molar-refractivity contribution in [2.24, 2.45) is 5.92 Å². The summed E-state index contributed by atoms with van der Waals surface area (Å²) in [5, 5.41) is 20.6. The number of carboxylic acid groups (broad SMARTS) is 2. The van der Waals surface area contributed by atoms with E-state index in [1.807, 2.05) is 0 Å². The van der Waals surface area contributed by atoms with Crippen LogP contribution in [0.15, 0.2) is 0 Å². The van der Waals surface area contributed by atoms with E-state index in [4.69, 9.17) is 10.2 Å². The Bertz CT molecular complexity index is 313. The molecule has 0 spiro atoms. The predicted molar refractivity (Wildman–Crippen MR) is 98.5 cm³/mol. The molecular formula is C18H35NNaO4. The molecule has 0 aliphatic carbocycles. The van der Waals surface area contributed by atoms with Crippen LogP contribution in [0.5, 0.6) is 0 Å². The molecule has 1 atom stereocenters. The van der Waals surface area contributed by atoms with Gasteiger partial charge in [-0.3, -0.25) is 9.59 Å². The summed E-state index contributed by atoms with van der Waals surface area (Å²) >= 11 is 0. The van der Waals surface area contributed by atoms with Crippen LogP contribution in [0.25, 0.3) is 0 Å². The monoisotopic (exact) mass is 352 g/mol. The van der Waals surface area contributed by atoms with Crippen LogP contribution in [-0.2, 0) is 9.59 Å². The first-order chi connectivity index (χ1) is 11.1. The van der Waals surface area contributed by atoms with Gasteiger partial charge in [0.25, 0.3) is 0 Å². The van der Waals surface area contributed by atoms with Crippen molar-refractivity contribution >= 4 is 41.5 Å². The molecule has 0 saturated heterocycles. The fourth-order valence-electron chi connectivity index (χ4n) is 2.66. The van der Waals surface area contributed by atoms with E-state index < -0.39 is 17.9 Å². The van der Waals surface area contributed by atoms with Gasteiger partial charge >= 0.3 is 11.9 Å². The number of rotatable bonds is 17. The van der Waals surface area contributed by atoms with Crippen LogP contribution >= 0.6 is 0 Å². The number of unbranched alkanes of at least 4 members (excludes halogenated alkanes) is 9. The average molecular weight is 352 g/mol. The van der Waals surface area contributed by atoms with Gasteiger partial charge in [-0.15, -0.1) is 0 Å². The third-order valence-corrected chi connectivity index (χ3v) is 4.16. The van der Waals surface area contributed by atoms with E-state index in [9.17, 15) is 9.59 Å². The van der Waals surface area contributed by atoms with Crippen LogP contribution in [-0.4, -0.2) is 64.8 Å². The second-order valence-corrected chi connectivity index (χ2v) is 6.35. The number of hydrogen-bond acceptors (Lipinski definition) is 3. The molecule has 0 fully saturated rings. The van der Waals surface area contributed by atoms with Crippen molar-refractivity contribution in [3.8, 4) is 0 Å². The van der Waals surface area contributed by atoms with Crippen molar-refractivity contribution in [3.05, 3.63) is 0 Å². The Morgan fingerprint density at radius 3 is 1.83 bits per heavy atom. The largest absolute Gasteiger partial charge is 0.481 e. The predicted octanol–water partition coefficient (Wildman–Crippen LogP) is 3.68. The van der Waals surface area contributed by atoms with Crippen molar-refractivity contribution in [2.45, 2.75) is 84.0 Å². The molecule has 0 heterocycles. The standard InChI is InChI=1S/C18H35NO4.Na/c1-2-3-4-5-6-7-8-9-10-11-12-16(18(22)23)15-19-14-13-17(20)21;/h16,19H,2-15H2,1H3,(H,20,21)(H,22,23);. The molecule has 0 aliphatic rings. The van der Waals surface area contributed by atoms with Crippen LogP contribution in [0.3, 0.4) is 0 Å². The van der Waals surface area contributed by atoms with Gasteiger partial charge in [-0.1, -0.05) is 71.1 Å². The maximum Gasteiger partial charge on any atom is 0.307 e. The van der Waals surface area contributed by atoms with Gasteiger partial charge in [0.1, 0.15) is 0 Å². The number of nitrogens with one attached hydrogen (secondary N) is 1. The molecule has 0 aliphatic heterocycles. The van der Waals surface area contributed by atoms with Crippen LogP contribution in [0.2, 0.25) is 0 Å². The third kappa shape index (κ3) is 18.2. The van der Waals surface area contributed by atoms with Gasteiger partial charge in [0.15, 0.2) is 0 Å². The normalized spacial score (nSPS) is 11.7. The summed E-state index contributed by atoms with van der Waals surface area (Å²) in [5.41, 5.74) is 0. The summed E-state index contributed by atoms with van der Waals surface area (Å²) in [5.74, 6) is -2.05. The smallest absolute Gasteiger partial charge is 0.307 e. The number of hydrogen-bond donors (Lipinski definition) is 3. The second-order valence-electron chi connectivity index (χ2n) is 6.35. The van der Waals surface area contributed by atoms with Crippen molar-refractivity contribution in [1.82, 2.24) is 5.32 Å². The van der Waals surface area contributed by atoms with Gasteiger partial charge in [-0.2, -0.15) is 0 Å². The molecule has 6 heteroatoms. The van der Waals surface area contributed by atoms with E-state index in [0.29, 0.717) is 19.5 Å². The van der Waals surface area contributed by atoms with Crippen LogP contribution in [0.1, 0.15) is 84.0 Å². The molecule has 24 heavy (non-hydrogen) atoms. The Morgan fingerprint density at radius 1 is 0.875 bits per heavy atom. The van der Waals surface area contributed by atoms with E-state index in [-0.39, 0.29) is 36.0 Å². The van der Waals surface area contributed by atoms with Crippen LogP contribution < -0.4 is 5.32 Å². The maximum absolute atomic E-state index is 11.2. The number of carboxylic acids is 2. The van der Waals surface area contributed by atoms with Gasteiger partial charge in [0.2, 0.25) is 0 Å². The minimum atomic E-state index is -0.862. The van der Waals surface area contributed by atoms with Crippen molar-refractivity contribution in [2.75, 3.05) is 13.1 Å². The molecule has 0 rings (SSSR count). The zero-order chi connectivity index (χ0) is 17.3. The topological polar surface area (TPSA) is 86.6 Å². The van der Waals surface area contributed by atoms with E-state index in [0.717, 1.165) is 12.8 Å². The molecule has 1 radical (unpaired) electrons. The Balaban J connectivity index is 0. The Labute approximate surface area is 169 Å². The summed E-state index contributed by atoms with van der Waals surface area (Å²) < 4.78 is 0. The van der Waals surface area contributed by atoms with Crippen molar-refractivity contribution in [1.29, 1.82) is 0 Å². The maximum atomic E-state index is 11.2. The molecule has 0 aromatic carbocycles. The van der Waals surface area contributed by atoms with Crippen molar-refractivity contribution < 1.29 is 19.8 Å². The Hall–Kier alpha value is -0.100. The molecule has 0 aromatic rings. The van der Waals surface area contributed by atoms with Gasteiger partial charge in [-0.25, -0.2) is 0 Å². The molecule has 5 nitrogen and oxygen atoms in total. The molecule has 0 bridgehead atoms. The quantitative estimate of drug-likeness (QED) is 0.275. The minimum absolute atomic E-state index is 0. The van der Waals surface area contributed by atoms with Crippen LogP contribution in [0, 0.1) is 5.92 Å². The first-order valence-corrected chi connectivity index (χ1v) is 9.23. The number of carbonyl (C=O) groups is 2. The summed E-state index contributed by atoms with van der Waals surface area (Å²) in [7, 11) is 0. The number of aliphatic carboxylic acids is 2. The van der Waals surface area contributed by atoms with Crippen molar-refractivity contribution in [3.63, 3.8) is 0 Å². The summed E-state index contributed by atoms with van der Waals surface area (Å²) in [4.78, 5) is 21.6. The van der Waals surface area contributed by atoms with Crippen LogP contribution in [0.4, 0.5) is 0 Å². The molecule has 3 N–H and O–H groups in total. The molecule has 1 unspecified atom stereocenters. The summed E-state index contributed by atoms with van der Waals surface area (Å²) in [6.07, 6.45) is 13.1. The van der Waals surface area contributed by atoms with E-state index in [1.165, 1.54) is 51.4 Å². The van der Waals surface area contributed by atoms with Gasteiger partial charge in [0, 0.05) is 42.6 Å². The molecule has 0 aromatic heterocycles. The molecule has 137 valence electrons. The average Bonchev–Trinajstić information content (AvgIpc) is 2.50. The summed E-state index contributed by atoms with van der Waals surface area (Å²) in [6, 6.07) is 0. The first kappa shape index (κ1) is 26.1. The fraction of sp³-hybridized carbons (Fsp3) is 0.889. The van der Waals surface area contributed by atoms with Gasteiger partial charge in [0.05, 0.1) is 12.3 Å². The van der Waals surface area contributed by atoms with E-state index in [2.05, 4.69) is 12.2 Å².